The van der Waals surface area contributed by atoms with Gasteiger partial charge in [-0.1, -0.05) is 0 Å². The molecule has 2 fully saturated rings. The zero-order chi connectivity index (χ0) is 13.8. The van der Waals surface area contributed by atoms with Gasteiger partial charge in [-0.05, 0) is 38.2 Å². The van der Waals surface area contributed by atoms with Crippen LogP contribution in [0.2, 0.25) is 0 Å². The summed E-state index contributed by atoms with van der Waals surface area (Å²) in [6, 6.07) is 1.22. The van der Waals surface area contributed by atoms with Gasteiger partial charge in [0.15, 0.2) is 0 Å². The highest BCUT2D eigenvalue weighted by molar-refractivity contribution is 5.05. The standard InChI is InChI=1S/C15H23N3O2/c1-12-10-16-15(17-11-12)20-14-2-6-18(7-3-14)13-4-8-19-9-5-13/h10-11,13-14H,2-9H2,1H3. The minimum Gasteiger partial charge on any atom is -0.460 e. The summed E-state index contributed by atoms with van der Waals surface area (Å²) in [6.45, 7) is 6.04. The van der Waals surface area contributed by atoms with E-state index >= 15 is 0 Å². The Morgan fingerprint density at radius 1 is 1.10 bits per heavy atom. The highest BCUT2D eigenvalue weighted by Crippen LogP contribution is 2.21. The summed E-state index contributed by atoms with van der Waals surface area (Å²) in [5.74, 6) is 0. The number of nitrogens with zero attached hydrogens (tertiary/aromatic N) is 3. The molecule has 110 valence electrons. The summed E-state index contributed by atoms with van der Waals surface area (Å²) in [5.41, 5.74) is 1.06. The summed E-state index contributed by atoms with van der Waals surface area (Å²) in [6.07, 6.45) is 8.34. The topological polar surface area (TPSA) is 47.5 Å². The molecule has 2 saturated heterocycles. The van der Waals surface area contributed by atoms with Crippen LogP contribution in [0.25, 0.3) is 0 Å². The van der Waals surface area contributed by atoms with Crippen LogP contribution in [0, 0.1) is 6.92 Å². The maximum atomic E-state index is 5.87. The van der Waals surface area contributed by atoms with Gasteiger partial charge >= 0.3 is 6.01 Å². The molecular weight excluding hydrogens is 254 g/mol. The van der Waals surface area contributed by atoms with Crippen molar-refractivity contribution in [2.45, 2.75) is 44.8 Å². The first-order chi connectivity index (χ1) is 9.81. The molecule has 1 aromatic rings. The fraction of sp³-hybridized carbons (Fsp3) is 0.733. The molecule has 5 heteroatoms. The van der Waals surface area contributed by atoms with Gasteiger partial charge in [-0.3, -0.25) is 4.90 Å². The van der Waals surface area contributed by atoms with Crippen LogP contribution in [0.4, 0.5) is 0 Å². The van der Waals surface area contributed by atoms with E-state index in [0.29, 0.717) is 12.1 Å². The van der Waals surface area contributed by atoms with Crippen molar-refractivity contribution in [3.63, 3.8) is 0 Å². The molecule has 1 aromatic heterocycles. The van der Waals surface area contributed by atoms with Gasteiger partial charge in [0, 0.05) is 44.7 Å². The van der Waals surface area contributed by atoms with E-state index in [0.717, 1.165) is 44.7 Å². The third-order valence-electron chi connectivity index (χ3n) is 4.21. The predicted octanol–water partition coefficient (Wildman–Crippen LogP) is 1.81. The Labute approximate surface area is 120 Å². The van der Waals surface area contributed by atoms with Crippen molar-refractivity contribution >= 4 is 0 Å². The molecule has 0 amide bonds. The van der Waals surface area contributed by atoms with E-state index < -0.39 is 0 Å². The lowest BCUT2D eigenvalue weighted by molar-refractivity contribution is 0.00871. The van der Waals surface area contributed by atoms with Gasteiger partial charge in [-0.15, -0.1) is 0 Å². The Bertz CT molecular complexity index is 410. The van der Waals surface area contributed by atoms with E-state index in [-0.39, 0.29) is 6.10 Å². The van der Waals surface area contributed by atoms with Gasteiger partial charge in [0.05, 0.1) is 0 Å². The minimum absolute atomic E-state index is 0.258. The van der Waals surface area contributed by atoms with Gasteiger partial charge in [0.25, 0.3) is 0 Å². The van der Waals surface area contributed by atoms with Gasteiger partial charge in [0.1, 0.15) is 6.10 Å². The Morgan fingerprint density at radius 3 is 2.40 bits per heavy atom. The smallest absolute Gasteiger partial charge is 0.316 e. The molecule has 0 unspecified atom stereocenters. The van der Waals surface area contributed by atoms with E-state index in [1.54, 1.807) is 12.4 Å². The maximum Gasteiger partial charge on any atom is 0.316 e. The van der Waals surface area contributed by atoms with Crippen molar-refractivity contribution in [2.24, 2.45) is 0 Å². The Kier molecular flexibility index (Phi) is 4.47. The molecule has 0 atom stereocenters. The molecule has 0 bridgehead atoms. The molecule has 2 aliphatic rings. The van der Waals surface area contributed by atoms with Gasteiger partial charge in [0.2, 0.25) is 0 Å². The number of rotatable bonds is 3. The molecule has 3 heterocycles. The number of piperidine rings is 1. The van der Waals surface area contributed by atoms with Crippen LogP contribution in [-0.2, 0) is 4.74 Å². The summed E-state index contributed by atoms with van der Waals surface area (Å²) in [7, 11) is 0. The van der Waals surface area contributed by atoms with E-state index in [1.165, 1.54) is 12.8 Å². The maximum absolute atomic E-state index is 5.87. The number of hydrogen-bond donors (Lipinski definition) is 0. The lowest BCUT2D eigenvalue weighted by Crippen LogP contribution is -2.46. The molecule has 0 aromatic carbocycles. The monoisotopic (exact) mass is 277 g/mol. The second-order valence-electron chi connectivity index (χ2n) is 5.74. The molecule has 0 spiro atoms. The van der Waals surface area contributed by atoms with Crippen molar-refractivity contribution in [3.05, 3.63) is 18.0 Å². The normalized spacial score (nSPS) is 22.9. The summed E-state index contributed by atoms with van der Waals surface area (Å²) in [4.78, 5) is 11.0. The van der Waals surface area contributed by atoms with Crippen LogP contribution in [0.3, 0.4) is 0 Å². The minimum atomic E-state index is 0.258. The molecule has 3 rings (SSSR count). The molecule has 0 radical (unpaired) electrons. The summed E-state index contributed by atoms with van der Waals surface area (Å²) in [5, 5.41) is 0. The van der Waals surface area contributed by atoms with E-state index in [2.05, 4.69) is 14.9 Å². The predicted molar refractivity (Wildman–Crippen MR) is 75.8 cm³/mol. The average Bonchev–Trinajstić information content (AvgIpc) is 2.51. The number of hydrogen-bond acceptors (Lipinski definition) is 5. The van der Waals surface area contributed by atoms with Crippen LogP contribution in [0.5, 0.6) is 6.01 Å². The first-order valence-corrected chi connectivity index (χ1v) is 7.58. The highest BCUT2D eigenvalue weighted by atomic mass is 16.5. The lowest BCUT2D eigenvalue weighted by Gasteiger charge is -2.38. The van der Waals surface area contributed by atoms with Gasteiger partial charge in [-0.25, -0.2) is 9.97 Å². The van der Waals surface area contributed by atoms with E-state index in [1.807, 2.05) is 6.92 Å². The molecule has 20 heavy (non-hydrogen) atoms. The number of aryl methyl sites for hydroxylation is 1. The van der Waals surface area contributed by atoms with Gasteiger partial charge in [-0.2, -0.15) is 0 Å². The SMILES string of the molecule is Cc1cnc(OC2CCN(C3CCOCC3)CC2)nc1. The van der Waals surface area contributed by atoms with Crippen molar-refractivity contribution in [2.75, 3.05) is 26.3 Å². The van der Waals surface area contributed by atoms with Crippen LogP contribution in [0.15, 0.2) is 12.4 Å². The Balaban J connectivity index is 1.47. The van der Waals surface area contributed by atoms with Crippen LogP contribution < -0.4 is 4.74 Å². The van der Waals surface area contributed by atoms with Crippen LogP contribution in [-0.4, -0.2) is 53.3 Å². The van der Waals surface area contributed by atoms with Crippen molar-refractivity contribution in [1.29, 1.82) is 0 Å². The fourth-order valence-corrected chi connectivity index (χ4v) is 3.00. The van der Waals surface area contributed by atoms with E-state index in [9.17, 15) is 0 Å². The zero-order valence-corrected chi connectivity index (χ0v) is 12.1. The van der Waals surface area contributed by atoms with Crippen molar-refractivity contribution in [3.8, 4) is 6.01 Å². The lowest BCUT2D eigenvalue weighted by atomic mass is 10.0. The quantitative estimate of drug-likeness (QED) is 0.843. The summed E-state index contributed by atoms with van der Waals surface area (Å²) >= 11 is 0. The zero-order valence-electron chi connectivity index (χ0n) is 12.1. The van der Waals surface area contributed by atoms with Gasteiger partial charge < -0.3 is 9.47 Å². The Hall–Kier alpha value is -1.20. The molecule has 0 saturated carbocycles. The molecular formula is C15H23N3O2. The Morgan fingerprint density at radius 2 is 1.75 bits per heavy atom. The molecule has 0 aliphatic carbocycles. The van der Waals surface area contributed by atoms with Crippen molar-refractivity contribution in [1.82, 2.24) is 14.9 Å². The average molecular weight is 277 g/mol. The largest absolute Gasteiger partial charge is 0.460 e. The second-order valence-corrected chi connectivity index (χ2v) is 5.74. The molecule has 2 aliphatic heterocycles. The van der Waals surface area contributed by atoms with Crippen LogP contribution in [0.1, 0.15) is 31.2 Å². The highest BCUT2D eigenvalue weighted by Gasteiger charge is 2.27. The first kappa shape index (κ1) is 13.8. The third-order valence-corrected chi connectivity index (χ3v) is 4.21. The third kappa shape index (κ3) is 3.46. The van der Waals surface area contributed by atoms with E-state index in [4.69, 9.17) is 9.47 Å². The number of aromatic nitrogens is 2. The molecule has 0 N–H and O–H groups in total. The second kappa shape index (κ2) is 6.50. The first-order valence-electron chi connectivity index (χ1n) is 7.58. The van der Waals surface area contributed by atoms with Crippen LogP contribution >= 0.6 is 0 Å². The van der Waals surface area contributed by atoms with Crippen molar-refractivity contribution < 1.29 is 9.47 Å². The summed E-state index contributed by atoms with van der Waals surface area (Å²) < 4.78 is 11.3. The molecule has 5 nitrogen and oxygen atoms in total. The number of likely N-dealkylation sites (tertiary alicyclic amines) is 1. The number of ether oxygens (including phenoxy) is 2. The fourth-order valence-electron chi connectivity index (χ4n) is 3.00.